The zero-order chi connectivity index (χ0) is 12.0. The zero-order valence-electron chi connectivity index (χ0n) is 8.38. The Kier molecular flexibility index (Phi) is 4.74. The minimum absolute atomic E-state index is 0.229. The Morgan fingerprint density at radius 2 is 2.38 bits per heavy atom. The Bertz CT molecular complexity index is 352. The Balaban J connectivity index is 2.54. The van der Waals surface area contributed by atoms with Gasteiger partial charge in [0.05, 0.1) is 0 Å². The van der Waals surface area contributed by atoms with Gasteiger partial charge in [0.15, 0.2) is 0 Å². The third kappa shape index (κ3) is 3.87. The number of rotatable bonds is 5. The van der Waals surface area contributed by atoms with Crippen LogP contribution in [0.2, 0.25) is 0 Å². The molecule has 0 radical (unpaired) electrons. The number of thiophene rings is 1. The lowest BCUT2D eigenvalue weighted by atomic mass is 10.2. The average Bonchev–Trinajstić information content (AvgIpc) is 2.69. The van der Waals surface area contributed by atoms with Crippen molar-refractivity contribution >= 4 is 23.4 Å². The first-order chi connectivity index (χ1) is 7.63. The first kappa shape index (κ1) is 12.5. The van der Waals surface area contributed by atoms with Crippen LogP contribution in [0.15, 0.2) is 17.5 Å². The zero-order valence-corrected chi connectivity index (χ0v) is 9.20. The average molecular weight is 244 g/mol. The first-order valence-corrected chi connectivity index (χ1v) is 5.40. The molecular formula is C9H12N2O4S. The van der Waals surface area contributed by atoms with Gasteiger partial charge in [-0.05, 0) is 11.4 Å². The number of carboxylic acid groups (broad SMARTS) is 1. The van der Waals surface area contributed by atoms with Gasteiger partial charge in [-0.25, -0.2) is 9.59 Å². The highest BCUT2D eigenvalue weighted by Crippen LogP contribution is 2.11. The molecule has 7 heteroatoms. The van der Waals surface area contributed by atoms with Crippen molar-refractivity contribution in [1.29, 1.82) is 0 Å². The number of amides is 1. The predicted molar refractivity (Wildman–Crippen MR) is 58.1 cm³/mol. The molecule has 1 amide bonds. The van der Waals surface area contributed by atoms with E-state index in [0.717, 1.165) is 4.88 Å². The standard InChI is InChI=1S/C9H12N2O4S/c10-5-15-9(14)11-7(8(12)13)4-6-2-1-3-16-6/h1-3,7H,4-5,10H2,(H,11,14)(H,12,13)/t7-/m0/s1. The Labute approximate surface area is 96.0 Å². The molecule has 88 valence electrons. The van der Waals surface area contributed by atoms with E-state index < -0.39 is 18.1 Å². The molecule has 1 rings (SSSR count). The molecule has 0 unspecified atom stereocenters. The third-order valence-corrected chi connectivity index (χ3v) is 2.69. The highest BCUT2D eigenvalue weighted by Gasteiger charge is 2.21. The SMILES string of the molecule is NCOC(=O)N[C@@H](Cc1cccs1)C(=O)O. The summed E-state index contributed by atoms with van der Waals surface area (Å²) >= 11 is 1.43. The number of hydrogen-bond acceptors (Lipinski definition) is 5. The second kappa shape index (κ2) is 6.09. The molecule has 0 aliphatic heterocycles. The topological polar surface area (TPSA) is 102 Å². The van der Waals surface area contributed by atoms with Crippen molar-refractivity contribution < 1.29 is 19.4 Å². The van der Waals surface area contributed by atoms with E-state index in [0.29, 0.717) is 0 Å². The minimum atomic E-state index is -1.11. The summed E-state index contributed by atoms with van der Waals surface area (Å²) in [4.78, 5) is 22.8. The normalized spacial score (nSPS) is 11.8. The summed E-state index contributed by atoms with van der Waals surface area (Å²) in [5, 5.41) is 13.0. The fourth-order valence-corrected chi connectivity index (χ4v) is 1.84. The van der Waals surface area contributed by atoms with Crippen molar-refractivity contribution in [3.8, 4) is 0 Å². The van der Waals surface area contributed by atoms with Crippen LogP contribution < -0.4 is 11.1 Å². The quantitative estimate of drug-likeness (QED) is 0.650. The van der Waals surface area contributed by atoms with E-state index >= 15 is 0 Å². The van der Waals surface area contributed by atoms with E-state index in [4.69, 9.17) is 10.8 Å². The molecule has 0 saturated heterocycles. The molecule has 0 aromatic carbocycles. The minimum Gasteiger partial charge on any atom is -0.480 e. The van der Waals surface area contributed by atoms with Crippen LogP contribution in [0.5, 0.6) is 0 Å². The number of carbonyl (C=O) groups is 2. The maximum absolute atomic E-state index is 11.0. The summed E-state index contributed by atoms with van der Waals surface area (Å²) in [7, 11) is 0. The van der Waals surface area contributed by atoms with E-state index in [2.05, 4.69) is 10.1 Å². The second-order valence-corrected chi connectivity index (χ2v) is 3.95. The lowest BCUT2D eigenvalue weighted by Gasteiger charge is -2.12. The van der Waals surface area contributed by atoms with E-state index in [1.165, 1.54) is 11.3 Å². The van der Waals surface area contributed by atoms with Gasteiger partial charge in [0.2, 0.25) is 0 Å². The molecule has 1 aromatic rings. The van der Waals surface area contributed by atoms with Crippen LogP contribution in [0.1, 0.15) is 4.88 Å². The van der Waals surface area contributed by atoms with Crippen LogP contribution >= 0.6 is 11.3 Å². The number of aliphatic carboxylic acids is 1. The summed E-state index contributed by atoms with van der Waals surface area (Å²) in [6.45, 7) is -0.281. The van der Waals surface area contributed by atoms with Gasteiger partial charge >= 0.3 is 12.1 Å². The first-order valence-electron chi connectivity index (χ1n) is 4.52. The van der Waals surface area contributed by atoms with Gasteiger partial charge < -0.3 is 15.2 Å². The molecule has 0 aliphatic carbocycles. The van der Waals surface area contributed by atoms with Gasteiger partial charge in [0.1, 0.15) is 12.8 Å². The van der Waals surface area contributed by atoms with Crippen LogP contribution in [-0.2, 0) is 16.0 Å². The number of alkyl carbamates (subject to hydrolysis) is 1. The molecule has 0 bridgehead atoms. The fourth-order valence-electron chi connectivity index (χ4n) is 1.09. The molecule has 1 atom stereocenters. The van der Waals surface area contributed by atoms with Crippen molar-refractivity contribution in [2.75, 3.05) is 6.73 Å². The van der Waals surface area contributed by atoms with Crippen LogP contribution in [0, 0.1) is 0 Å². The van der Waals surface area contributed by atoms with Crippen molar-refractivity contribution in [3.05, 3.63) is 22.4 Å². The predicted octanol–water partition coefficient (Wildman–Crippen LogP) is 0.386. The molecule has 6 nitrogen and oxygen atoms in total. The number of carbonyl (C=O) groups excluding carboxylic acids is 1. The monoisotopic (exact) mass is 244 g/mol. The Hall–Kier alpha value is -1.60. The number of ether oxygens (including phenoxy) is 1. The summed E-state index contributed by atoms with van der Waals surface area (Å²) in [6.07, 6.45) is -0.599. The smallest absolute Gasteiger partial charge is 0.409 e. The number of hydrogen-bond donors (Lipinski definition) is 3. The molecule has 0 saturated carbocycles. The highest BCUT2D eigenvalue weighted by molar-refractivity contribution is 7.09. The van der Waals surface area contributed by atoms with E-state index in [1.807, 2.05) is 11.4 Å². The Morgan fingerprint density at radius 1 is 1.62 bits per heavy atom. The lowest BCUT2D eigenvalue weighted by molar-refractivity contribution is -0.139. The van der Waals surface area contributed by atoms with E-state index in [-0.39, 0.29) is 13.2 Å². The van der Waals surface area contributed by atoms with E-state index in [1.54, 1.807) is 6.07 Å². The van der Waals surface area contributed by atoms with Gasteiger partial charge in [-0.1, -0.05) is 6.07 Å². The van der Waals surface area contributed by atoms with E-state index in [9.17, 15) is 9.59 Å². The third-order valence-electron chi connectivity index (χ3n) is 1.79. The molecule has 4 N–H and O–H groups in total. The maximum atomic E-state index is 11.0. The molecule has 0 fully saturated rings. The molecule has 16 heavy (non-hydrogen) atoms. The van der Waals surface area contributed by atoms with Crippen molar-refractivity contribution in [2.24, 2.45) is 5.73 Å². The fraction of sp³-hybridized carbons (Fsp3) is 0.333. The molecule has 0 spiro atoms. The van der Waals surface area contributed by atoms with Gasteiger partial charge in [-0.3, -0.25) is 5.73 Å². The largest absolute Gasteiger partial charge is 0.480 e. The number of nitrogens with two attached hydrogens (primary N) is 1. The van der Waals surface area contributed by atoms with Crippen LogP contribution in [0.3, 0.4) is 0 Å². The number of nitrogens with one attached hydrogen (secondary N) is 1. The summed E-state index contributed by atoms with van der Waals surface area (Å²) in [5.41, 5.74) is 4.99. The molecule has 1 heterocycles. The van der Waals surface area contributed by atoms with Crippen LogP contribution in [0.25, 0.3) is 0 Å². The molecule has 1 aromatic heterocycles. The maximum Gasteiger partial charge on any atom is 0.409 e. The highest BCUT2D eigenvalue weighted by atomic mass is 32.1. The van der Waals surface area contributed by atoms with Crippen molar-refractivity contribution in [3.63, 3.8) is 0 Å². The van der Waals surface area contributed by atoms with Gasteiger partial charge in [-0.15, -0.1) is 11.3 Å². The summed E-state index contributed by atoms with van der Waals surface area (Å²) in [6, 6.07) is 2.62. The molecular weight excluding hydrogens is 232 g/mol. The second-order valence-electron chi connectivity index (χ2n) is 2.92. The van der Waals surface area contributed by atoms with Gasteiger partial charge in [0.25, 0.3) is 0 Å². The van der Waals surface area contributed by atoms with Crippen LogP contribution in [-0.4, -0.2) is 29.9 Å². The van der Waals surface area contributed by atoms with Crippen molar-refractivity contribution in [1.82, 2.24) is 5.32 Å². The van der Waals surface area contributed by atoms with Crippen molar-refractivity contribution in [2.45, 2.75) is 12.5 Å². The van der Waals surface area contributed by atoms with Gasteiger partial charge in [-0.2, -0.15) is 0 Å². The molecule has 0 aliphatic rings. The number of carboxylic acids is 1. The van der Waals surface area contributed by atoms with Crippen LogP contribution in [0.4, 0.5) is 4.79 Å². The Morgan fingerprint density at radius 3 is 2.88 bits per heavy atom. The summed E-state index contributed by atoms with van der Waals surface area (Å²) < 4.78 is 4.41. The lowest BCUT2D eigenvalue weighted by Crippen LogP contribution is -2.42. The van der Waals surface area contributed by atoms with Gasteiger partial charge in [0, 0.05) is 11.3 Å². The summed E-state index contributed by atoms with van der Waals surface area (Å²) in [5.74, 6) is -1.11.